The third-order valence-electron chi connectivity index (χ3n) is 4.84. The fourth-order valence-electron chi connectivity index (χ4n) is 3.15. The van der Waals surface area contributed by atoms with Gasteiger partial charge in [-0.05, 0) is 48.7 Å². The molecule has 0 bridgehead atoms. The Bertz CT molecular complexity index is 871. The molecular weight excluding hydrogens is 380 g/mol. The molecule has 0 radical (unpaired) electrons. The van der Waals surface area contributed by atoms with Crippen LogP contribution in [0, 0.1) is 0 Å². The molecule has 148 valence electrons. The lowest BCUT2D eigenvalue weighted by Gasteiger charge is -2.23. The number of nitrogens with zero attached hydrogens (tertiary/aromatic N) is 1. The number of aryl methyl sites for hydroxylation is 1. The van der Waals surface area contributed by atoms with E-state index in [1.807, 2.05) is 25.1 Å². The minimum Gasteiger partial charge on any atom is -0.491 e. The van der Waals surface area contributed by atoms with Crippen LogP contribution >= 0.6 is 11.6 Å². The number of carbonyl (C=O) groups excluding carboxylic acids is 2. The maximum Gasteiger partial charge on any atom is 0.325 e. The summed E-state index contributed by atoms with van der Waals surface area (Å²) in [5.74, 6) is 0.216. The molecule has 3 amide bonds. The van der Waals surface area contributed by atoms with Gasteiger partial charge in [-0.1, -0.05) is 42.8 Å². The van der Waals surface area contributed by atoms with Gasteiger partial charge in [-0.15, -0.1) is 0 Å². The van der Waals surface area contributed by atoms with Crippen LogP contribution in [-0.2, 0) is 16.8 Å². The number of urea groups is 1. The van der Waals surface area contributed by atoms with Crippen LogP contribution < -0.4 is 10.1 Å². The van der Waals surface area contributed by atoms with Crippen LogP contribution in [0.15, 0.2) is 48.5 Å². The van der Waals surface area contributed by atoms with E-state index in [0.29, 0.717) is 16.3 Å². The lowest BCUT2D eigenvalue weighted by molar-refractivity contribution is -0.132. The van der Waals surface area contributed by atoms with Gasteiger partial charge in [0.05, 0.1) is 6.54 Å². The first-order valence-electron chi connectivity index (χ1n) is 9.13. The van der Waals surface area contributed by atoms with Gasteiger partial charge in [-0.25, -0.2) is 4.79 Å². The Morgan fingerprint density at radius 3 is 2.61 bits per heavy atom. The number of nitrogens with one attached hydrogen (secondary N) is 1. The van der Waals surface area contributed by atoms with E-state index in [1.165, 1.54) is 0 Å². The molecule has 7 heteroatoms. The van der Waals surface area contributed by atoms with Gasteiger partial charge in [0.2, 0.25) is 0 Å². The summed E-state index contributed by atoms with van der Waals surface area (Å²) in [6.45, 7) is 3.50. The van der Waals surface area contributed by atoms with Crippen molar-refractivity contribution in [2.24, 2.45) is 0 Å². The maximum atomic E-state index is 12.9. The first-order chi connectivity index (χ1) is 13.3. The maximum absolute atomic E-state index is 12.9. The highest BCUT2D eigenvalue weighted by molar-refractivity contribution is 6.30. The van der Waals surface area contributed by atoms with Gasteiger partial charge < -0.3 is 15.2 Å². The van der Waals surface area contributed by atoms with E-state index in [0.717, 1.165) is 16.9 Å². The van der Waals surface area contributed by atoms with E-state index in [1.54, 1.807) is 37.3 Å². The highest BCUT2D eigenvalue weighted by Crippen LogP contribution is 2.29. The zero-order chi connectivity index (χ0) is 20.3. The molecule has 3 rings (SSSR count). The second kappa shape index (κ2) is 8.20. The molecule has 0 aliphatic carbocycles. The molecule has 1 aliphatic heterocycles. The molecule has 2 atom stereocenters. The van der Waals surface area contributed by atoms with Crippen molar-refractivity contribution in [2.45, 2.75) is 31.9 Å². The second-order valence-electron chi connectivity index (χ2n) is 6.94. The Hall–Kier alpha value is -2.57. The lowest BCUT2D eigenvalue weighted by atomic mass is 9.92. The molecule has 0 aromatic heterocycles. The molecule has 1 saturated heterocycles. The molecule has 1 heterocycles. The SMILES string of the molecule is CCc1cccc(OCC(O)CN2C(=O)NC(C)(c3ccc(Cl)cc3)C2=O)c1. The number of rotatable bonds is 7. The Morgan fingerprint density at radius 2 is 1.93 bits per heavy atom. The van der Waals surface area contributed by atoms with Crippen molar-refractivity contribution < 1.29 is 19.4 Å². The number of ether oxygens (including phenoxy) is 1. The molecule has 2 aromatic carbocycles. The quantitative estimate of drug-likeness (QED) is 0.697. The Morgan fingerprint density at radius 1 is 1.21 bits per heavy atom. The summed E-state index contributed by atoms with van der Waals surface area (Å²) < 4.78 is 5.61. The number of halogens is 1. The van der Waals surface area contributed by atoms with Crippen LogP contribution in [0.25, 0.3) is 0 Å². The van der Waals surface area contributed by atoms with Crippen LogP contribution in [0.5, 0.6) is 5.75 Å². The Labute approximate surface area is 169 Å². The number of carbonyl (C=O) groups is 2. The van der Waals surface area contributed by atoms with Crippen LogP contribution in [0.3, 0.4) is 0 Å². The lowest BCUT2D eigenvalue weighted by Crippen LogP contribution is -2.42. The van der Waals surface area contributed by atoms with Gasteiger partial charge in [-0.2, -0.15) is 0 Å². The van der Waals surface area contributed by atoms with E-state index >= 15 is 0 Å². The number of hydrogen-bond donors (Lipinski definition) is 2. The van der Waals surface area contributed by atoms with Crippen molar-refractivity contribution in [1.82, 2.24) is 10.2 Å². The molecule has 1 fully saturated rings. The standard InChI is InChI=1S/C21H23ClN2O4/c1-3-14-5-4-6-18(11-14)28-13-17(25)12-24-19(26)21(2,23-20(24)27)15-7-9-16(22)10-8-15/h4-11,17,25H,3,12-13H2,1-2H3,(H,23,27). The topological polar surface area (TPSA) is 78.9 Å². The van der Waals surface area contributed by atoms with Crippen molar-refractivity contribution in [3.8, 4) is 5.75 Å². The van der Waals surface area contributed by atoms with Crippen LogP contribution in [0.1, 0.15) is 25.0 Å². The predicted molar refractivity (Wildman–Crippen MR) is 106 cm³/mol. The van der Waals surface area contributed by atoms with Gasteiger partial charge in [-0.3, -0.25) is 9.69 Å². The van der Waals surface area contributed by atoms with E-state index in [2.05, 4.69) is 5.32 Å². The van der Waals surface area contributed by atoms with E-state index in [-0.39, 0.29) is 13.2 Å². The predicted octanol–water partition coefficient (Wildman–Crippen LogP) is 3.11. The summed E-state index contributed by atoms with van der Waals surface area (Å²) in [7, 11) is 0. The molecular formula is C21H23ClN2O4. The van der Waals surface area contributed by atoms with E-state index < -0.39 is 23.6 Å². The monoisotopic (exact) mass is 402 g/mol. The minimum atomic E-state index is -1.20. The first-order valence-corrected chi connectivity index (χ1v) is 9.51. The Balaban J connectivity index is 1.64. The highest BCUT2D eigenvalue weighted by atomic mass is 35.5. The number of benzene rings is 2. The third-order valence-corrected chi connectivity index (χ3v) is 5.09. The van der Waals surface area contributed by atoms with Crippen molar-refractivity contribution in [3.63, 3.8) is 0 Å². The average Bonchev–Trinajstić information content (AvgIpc) is 2.91. The molecule has 0 saturated carbocycles. The zero-order valence-electron chi connectivity index (χ0n) is 15.8. The largest absolute Gasteiger partial charge is 0.491 e. The zero-order valence-corrected chi connectivity index (χ0v) is 16.6. The van der Waals surface area contributed by atoms with Crippen LogP contribution in [-0.4, -0.2) is 41.2 Å². The van der Waals surface area contributed by atoms with Gasteiger partial charge in [0.25, 0.3) is 5.91 Å². The van der Waals surface area contributed by atoms with E-state index in [9.17, 15) is 14.7 Å². The number of aliphatic hydroxyl groups is 1. The van der Waals surface area contributed by atoms with Crippen molar-refractivity contribution in [3.05, 3.63) is 64.7 Å². The number of β-amino-alcohol motifs (C(OH)–C–C–N with tert-alkyl or cyclic N) is 1. The number of amides is 3. The number of hydrogen-bond acceptors (Lipinski definition) is 4. The molecule has 2 unspecified atom stereocenters. The van der Waals surface area contributed by atoms with Gasteiger partial charge in [0, 0.05) is 5.02 Å². The van der Waals surface area contributed by atoms with Gasteiger partial charge in [0.15, 0.2) is 0 Å². The third kappa shape index (κ3) is 4.13. The van der Waals surface area contributed by atoms with Crippen molar-refractivity contribution in [1.29, 1.82) is 0 Å². The van der Waals surface area contributed by atoms with Crippen LogP contribution in [0.2, 0.25) is 5.02 Å². The fraction of sp³-hybridized carbons (Fsp3) is 0.333. The summed E-state index contributed by atoms with van der Waals surface area (Å²) in [6, 6.07) is 13.8. The summed E-state index contributed by atoms with van der Waals surface area (Å²) in [4.78, 5) is 26.2. The van der Waals surface area contributed by atoms with Gasteiger partial charge >= 0.3 is 6.03 Å². The number of aliphatic hydroxyl groups excluding tert-OH is 1. The fourth-order valence-corrected chi connectivity index (χ4v) is 3.28. The molecule has 2 N–H and O–H groups in total. The average molecular weight is 403 g/mol. The number of imide groups is 1. The summed E-state index contributed by atoms with van der Waals surface area (Å²) in [5, 5.41) is 13.5. The second-order valence-corrected chi connectivity index (χ2v) is 7.38. The summed E-state index contributed by atoms with van der Waals surface area (Å²) in [5.41, 5.74) is 0.553. The summed E-state index contributed by atoms with van der Waals surface area (Å²) >= 11 is 5.90. The molecule has 2 aromatic rings. The van der Waals surface area contributed by atoms with E-state index in [4.69, 9.17) is 16.3 Å². The van der Waals surface area contributed by atoms with Crippen molar-refractivity contribution >= 4 is 23.5 Å². The molecule has 28 heavy (non-hydrogen) atoms. The molecule has 6 nitrogen and oxygen atoms in total. The van der Waals surface area contributed by atoms with Crippen molar-refractivity contribution in [2.75, 3.05) is 13.2 Å². The molecule has 1 aliphatic rings. The normalized spacial score (nSPS) is 20.2. The van der Waals surface area contributed by atoms with Gasteiger partial charge in [0.1, 0.15) is 24.0 Å². The first kappa shape index (κ1) is 20.2. The highest BCUT2D eigenvalue weighted by Gasteiger charge is 2.49. The summed E-state index contributed by atoms with van der Waals surface area (Å²) in [6.07, 6.45) is -0.126. The molecule has 0 spiro atoms. The smallest absolute Gasteiger partial charge is 0.325 e. The van der Waals surface area contributed by atoms with Crippen LogP contribution in [0.4, 0.5) is 4.79 Å². The Kier molecular flexibility index (Phi) is 5.91. The minimum absolute atomic E-state index is 0.0259.